The molecule has 2 aromatic carbocycles. The lowest BCUT2D eigenvalue weighted by atomic mass is 9.98. The van der Waals surface area contributed by atoms with Crippen LogP contribution in [-0.2, 0) is 19.1 Å². The van der Waals surface area contributed by atoms with E-state index in [0.717, 1.165) is 29.4 Å². The number of amides is 2. The molecule has 2 aromatic rings. The molecule has 0 spiro atoms. The van der Waals surface area contributed by atoms with Gasteiger partial charge in [-0.15, -0.1) is 0 Å². The molecule has 0 saturated carbocycles. The van der Waals surface area contributed by atoms with Crippen molar-refractivity contribution in [3.63, 3.8) is 0 Å². The van der Waals surface area contributed by atoms with Crippen LogP contribution in [-0.4, -0.2) is 37.7 Å². The molecule has 0 aliphatic heterocycles. The third-order valence-corrected chi connectivity index (χ3v) is 4.53. The highest BCUT2D eigenvalue weighted by atomic mass is 16.6. The fourth-order valence-electron chi connectivity index (χ4n) is 3.32. The maximum absolute atomic E-state index is 12.1. The zero-order valence-corrected chi connectivity index (χ0v) is 14.8. The second-order valence-corrected chi connectivity index (χ2v) is 6.22. The standard InChI is InChI=1S/C20H20N2O5/c1-26-19(24)17(10-18(21)23)22-20(25)27-11-16-14-8-4-2-6-12(14)13-7-3-5-9-15(13)16/h2-9,16-17H,10-11H2,1H3,(H2,21,23)(H,22,25). The minimum absolute atomic E-state index is 0.101. The molecule has 7 heteroatoms. The van der Waals surface area contributed by atoms with Crippen LogP contribution < -0.4 is 11.1 Å². The lowest BCUT2D eigenvalue weighted by Gasteiger charge is -2.17. The monoisotopic (exact) mass is 368 g/mol. The van der Waals surface area contributed by atoms with Gasteiger partial charge in [0.1, 0.15) is 12.6 Å². The maximum atomic E-state index is 12.1. The number of nitrogens with one attached hydrogen (secondary N) is 1. The normalized spacial score (nSPS) is 13.2. The van der Waals surface area contributed by atoms with Crippen LogP contribution in [0.1, 0.15) is 23.5 Å². The van der Waals surface area contributed by atoms with Crippen LogP contribution in [0.25, 0.3) is 11.1 Å². The highest BCUT2D eigenvalue weighted by Crippen LogP contribution is 2.44. The van der Waals surface area contributed by atoms with Crippen molar-refractivity contribution in [3.8, 4) is 11.1 Å². The minimum atomic E-state index is -1.18. The number of carbonyl (C=O) groups excluding carboxylic acids is 3. The van der Waals surface area contributed by atoms with E-state index in [-0.39, 0.29) is 18.9 Å². The molecule has 0 bridgehead atoms. The van der Waals surface area contributed by atoms with E-state index in [1.807, 2.05) is 48.5 Å². The molecule has 1 unspecified atom stereocenters. The zero-order valence-electron chi connectivity index (χ0n) is 14.8. The number of ether oxygens (including phenoxy) is 2. The van der Waals surface area contributed by atoms with Crippen LogP contribution in [0, 0.1) is 0 Å². The van der Waals surface area contributed by atoms with Gasteiger partial charge in [0.15, 0.2) is 0 Å². The van der Waals surface area contributed by atoms with Crippen molar-refractivity contribution >= 4 is 18.0 Å². The molecular formula is C20H20N2O5. The molecule has 0 heterocycles. The molecule has 0 fully saturated rings. The highest BCUT2D eigenvalue weighted by molar-refractivity contribution is 5.87. The number of methoxy groups -OCH3 is 1. The number of rotatable bonds is 6. The van der Waals surface area contributed by atoms with Crippen LogP contribution in [0.15, 0.2) is 48.5 Å². The Bertz CT molecular complexity index is 835. The summed E-state index contributed by atoms with van der Waals surface area (Å²) in [7, 11) is 1.16. The van der Waals surface area contributed by atoms with Crippen molar-refractivity contribution in [1.29, 1.82) is 0 Å². The third kappa shape index (κ3) is 3.92. The molecule has 1 aliphatic rings. The Hall–Kier alpha value is -3.35. The fraction of sp³-hybridized carbons (Fsp3) is 0.250. The predicted molar refractivity (Wildman–Crippen MR) is 97.8 cm³/mol. The average molecular weight is 368 g/mol. The van der Waals surface area contributed by atoms with Gasteiger partial charge in [0.25, 0.3) is 0 Å². The van der Waals surface area contributed by atoms with Gasteiger partial charge in [0, 0.05) is 5.92 Å². The van der Waals surface area contributed by atoms with Gasteiger partial charge in [0.05, 0.1) is 13.5 Å². The fourth-order valence-corrected chi connectivity index (χ4v) is 3.32. The Labute approximate surface area is 156 Å². The van der Waals surface area contributed by atoms with E-state index in [1.54, 1.807) is 0 Å². The van der Waals surface area contributed by atoms with Gasteiger partial charge >= 0.3 is 12.1 Å². The highest BCUT2D eigenvalue weighted by Gasteiger charge is 2.30. The Morgan fingerprint density at radius 3 is 2.11 bits per heavy atom. The summed E-state index contributed by atoms with van der Waals surface area (Å²) in [6.45, 7) is 0.102. The lowest BCUT2D eigenvalue weighted by Crippen LogP contribution is -2.44. The second kappa shape index (κ2) is 7.90. The Balaban J connectivity index is 1.70. The van der Waals surface area contributed by atoms with Crippen LogP contribution in [0.3, 0.4) is 0 Å². The minimum Gasteiger partial charge on any atom is -0.467 e. The van der Waals surface area contributed by atoms with E-state index in [4.69, 9.17) is 10.5 Å². The predicted octanol–water partition coefficient (Wildman–Crippen LogP) is 1.94. The van der Waals surface area contributed by atoms with Crippen LogP contribution >= 0.6 is 0 Å². The smallest absolute Gasteiger partial charge is 0.407 e. The van der Waals surface area contributed by atoms with E-state index in [9.17, 15) is 14.4 Å². The van der Waals surface area contributed by atoms with Crippen LogP contribution in [0.5, 0.6) is 0 Å². The second-order valence-electron chi connectivity index (χ2n) is 6.22. The van der Waals surface area contributed by atoms with Gasteiger partial charge in [-0.1, -0.05) is 48.5 Å². The van der Waals surface area contributed by atoms with Gasteiger partial charge in [0.2, 0.25) is 5.91 Å². The number of alkyl carbamates (subject to hydrolysis) is 1. The average Bonchev–Trinajstić information content (AvgIpc) is 2.99. The van der Waals surface area contributed by atoms with Gasteiger partial charge in [-0.05, 0) is 22.3 Å². The summed E-state index contributed by atoms with van der Waals surface area (Å²) in [6.07, 6.45) is -1.18. The quantitative estimate of drug-likeness (QED) is 0.758. The molecule has 3 N–H and O–H groups in total. The molecule has 2 amide bonds. The zero-order chi connectivity index (χ0) is 19.4. The third-order valence-electron chi connectivity index (χ3n) is 4.53. The number of hydrogen-bond donors (Lipinski definition) is 2. The number of primary amides is 1. The van der Waals surface area contributed by atoms with E-state index in [0.29, 0.717) is 0 Å². The topological polar surface area (TPSA) is 108 Å². The van der Waals surface area contributed by atoms with Crippen molar-refractivity contribution in [1.82, 2.24) is 5.32 Å². The Morgan fingerprint density at radius 1 is 1.04 bits per heavy atom. The van der Waals surface area contributed by atoms with Gasteiger partial charge in [-0.3, -0.25) is 4.79 Å². The van der Waals surface area contributed by atoms with Crippen LogP contribution in [0.4, 0.5) is 4.79 Å². The summed E-state index contributed by atoms with van der Waals surface area (Å²) in [5, 5.41) is 2.33. The molecule has 27 heavy (non-hydrogen) atoms. The lowest BCUT2D eigenvalue weighted by molar-refractivity contribution is -0.144. The van der Waals surface area contributed by atoms with E-state index in [2.05, 4.69) is 10.1 Å². The molecule has 3 rings (SSSR count). The molecule has 1 atom stereocenters. The van der Waals surface area contributed by atoms with Gasteiger partial charge in [-0.25, -0.2) is 9.59 Å². The molecule has 0 aromatic heterocycles. The van der Waals surface area contributed by atoms with Crippen molar-refractivity contribution < 1.29 is 23.9 Å². The van der Waals surface area contributed by atoms with Gasteiger partial charge in [-0.2, -0.15) is 0 Å². The van der Waals surface area contributed by atoms with Crippen LogP contribution in [0.2, 0.25) is 0 Å². The van der Waals surface area contributed by atoms with E-state index < -0.39 is 24.0 Å². The van der Waals surface area contributed by atoms with E-state index >= 15 is 0 Å². The SMILES string of the molecule is COC(=O)C(CC(N)=O)NC(=O)OCC1c2ccccc2-c2ccccc21. The molecular weight excluding hydrogens is 348 g/mol. The summed E-state index contributed by atoms with van der Waals surface area (Å²) in [4.78, 5) is 34.9. The Morgan fingerprint density at radius 2 is 1.59 bits per heavy atom. The summed E-state index contributed by atoms with van der Waals surface area (Å²) >= 11 is 0. The summed E-state index contributed by atoms with van der Waals surface area (Å²) in [6, 6.07) is 14.7. The maximum Gasteiger partial charge on any atom is 0.407 e. The largest absolute Gasteiger partial charge is 0.467 e. The molecule has 7 nitrogen and oxygen atoms in total. The summed E-state index contributed by atoms with van der Waals surface area (Å²) < 4.78 is 9.90. The number of carbonyl (C=O) groups is 3. The summed E-state index contributed by atoms with van der Waals surface area (Å²) in [5.41, 5.74) is 9.48. The first-order valence-electron chi connectivity index (χ1n) is 8.49. The summed E-state index contributed by atoms with van der Waals surface area (Å²) in [5.74, 6) is -1.59. The number of hydrogen-bond acceptors (Lipinski definition) is 5. The van der Waals surface area contributed by atoms with Crippen molar-refractivity contribution in [3.05, 3.63) is 59.7 Å². The first-order valence-corrected chi connectivity index (χ1v) is 8.49. The number of nitrogens with two attached hydrogens (primary N) is 1. The molecule has 0 saturated heterocycles. The number of benzene rings is 2. The first-order chi connectivity index (χ1) is 13.0. The molecule has 140 valence electrons. The van der Waals surface area contributed by atoms with E-state index in [1.165, 1.54) is 0 Å². The van der Waals surface area contributed by atoms with Crippen molar-refractivity contribution in [2.45, 2.75) is 18.4 Å². The molecule has 0 radical (unpaired) electrons. The molecule has 1 aliphatic carbocycles. The van der Waals surface area contributed by atoms with Crippen molar-refractivity contribution in [2.75, 3.05) is 13.7 Å². The van der Waals surface area contributed by atoms with Crippen molar-refractivity contribution in [2.24, 2.45) is 5.73 Å². The van der Waals surface area contributed by atoms with Gasteiger partial charge < -0.3 is 20.5 Å². The first kappa shape index (κ1) is 18.4. The number of esters is 1. The Kier molecular flexibility index (Phi) is 5.40. The number of fused-ring (bicyclic) bond motifs is 3.